The molecular formula is C21H24N2O5. The Morgan fingerprint density at radius 2 is 1.75 bits per heavy atom. The molecule has 2 aromatic carbocycles. The molecule has 7 heteroatoms. The van der Waals surface area contributed by atoms with Gasteiger partial charge in [-0.1, -0.05) is 18.2 Å². The molecule has 1 aliphatic rings. The number of anilines is 1. The maximum absolute atomic E-state index is 12.6. The van der Waals surface area contributed by atoms with E-state index in [9.17, 15) is 9.59 Å². The molecule has 0 saturated carbocycles. The maximum Gasteiger partial charge on any atom is 0.259 e. The number of rotatable bonds is 6. The number of benzene rings is 2. The molecule has 1 saturated heterocycles. The Morgan fingerprint density at radius 1 is 1.04 bits per heavy atom. The van der Waals surface area contributed by atoms with Gasteiger partial charge in [-0.2, -0.15) is 0 Å². The van der Waals surface area contributed by atoms with Crippen LogP contribution in [0, 0.1) is 0 Å². The molecule has 0 aliphatic carbocycles. The van der Waals surface area contributed by atoms with Crippen molar-refractivity contribution >= 4 is 17.5 Å². The van der Waals surface area contributed by atoms with Crippen LogP contribution < -0.4 is 14.8 Å². The third kappa shape index (κ3) is 4.61. The van der Waals surface area contributed by atoms with Crippen LogP contribution in [-0.4, -0.2) is 57.2 Å². The van der Waals surface area contributed by atoms with Crippen molar-refractivity contribution in [3.8, 4) is 11.5 Å². The highest BCUT2D eigenvalue weighted by atomic mass is 16.5. The molecule has 1 fully saturated rings. The fraction of sp³-hybridized carbons (Fsp3) is 0.333. The molecule has 2 amide bonds. The number of amides is 2. The number of nitrogens with one attached hydrogen (secondary N) is 1. The highest BCUT2D eigenvalue weighted by molar-refractivity contribution is 6.06. The Kier molecular flexibility index (Phi) is 6.49. The second kappa shape index (κ2) is 9.23. The summed E-state index contributed by atoms with van der Waals surface area (Å²) in [6.45, 7) is 2.44. The highest BCUT2D eigenvalue weighted by Crippen LogP contribution is 2.31. The number of carbonyl (C=O) groups is 2. The Bertz CT molecular complexity index is 829. The third-order valence-corrected chi connectivity index (χ3v) is 4.58. The van der Waals surface area contributed by atoms with E-state index in [4.69, 9.17) is 14.2 Å². The van der Waals surface area contributed by atoms with E-state index >= 15 is 0 Å². The lowest BCUT2D eigenvalue weighted by Gasteiger charge is -2.26. The molecule has 1 N–H and O–H groups in total. The van der Waals surface area contributed by atoms with Crippen LogP contribution in [0.1, 0.15) is 15.9 Å². The van der Waals surface area contributed by atoms with Gasteiger partial charge in [-0.3, -0.25) is 9.59 Å². The molecule has 0 aromatic heterocycles. The van der Waals surface area contributed by atoms with Gasteiger partial charge in [-0.05, 0) is 29.8 Å². The van der Waals surface area contributed by atoms with Crippen LogP contribution in [0.3, 0.4) is 0 Å². The van der Waals surface area contributed by atoms with Gasteiger partial charge in [0.15, 0.2) is 11.5 Å². The first-order chi connectivity index (χ1) is 13.6. The normalized spacial score (nSPS) is 13.7. The van der Waals surface area contributed by atoms with E-state index < -0.39 is 0 Å². The van der Waals surface area contributed by atoms with Crippen LogP contribution >= 0.6 is 0 Å². The number of carbonyl (C=O) groups excluding carboxylic acids is 2. The van der Waals surface area contributed by atoms with E-state index in [0.717, 1.165) is 5.56 Å². The molecule has 1 aliphatic heterocycles. The predicted octanol–water partition coefficient (Wildman–Crippen LogP) is 2.36. The fourth-order valence-electron chi connectivity index (χ4n) is 3.07. The van der Waals surface area contributed by atoms with Gasteiger partial charge >= 0.3 is 0 Å². The summed E-state index contributed by atoms with van der Waals surface area (Å²) in [5.41, 5.74) is 1.92. The summed E-state index contributed by atoms with van der Waals surface area (Å²) < 4.78 is 15.8. The smallest absolute Gasteiger partial charge is 0.259 e. The van der Waals surface area contributed by atoms with E-state index in [1.165, 1.54) is 14.2 Å². The number of hydrogen-bond acceptors (Lipinski definition) is 5. The van der Waals surface area contributed by atoms with E-state index in [2.05, 4.69) is 5.32 Å². The number of morpholine rings is 1. The summed E-state index contributed by atoms with van der Waals surface area (Å²) in [6.07, 6.45) is 0.331. The lowest BCUT2D eigenvalue weighted by Crippen LogP contribution is -2.41. The second-order valence-electron chi connectivity index (χ2n) is 6.36. The number of hydrogen-bond donors (Lipinski definition) is 1. The van der Waals surface area contributed by atoms with Crippen LogP contribution in [0.15, 0.2) is 42.5 Å². The quantitative estimate of drug-likeness (QED) is 0.827. The van der Waals surface area contributed by atoms with Gasteiger partial charge in [-0.15, -0.1) is 0 Å². The van der Waals surface area contributed by atoms with Crippen molar-refractivity contribution in [2.75, 3.05) is 45.8 Å². The van der Waals surface area contributed by atoms with Crippen LogP contribution in [0.5, 0.6) is 11.5 Å². The minimum atomic E-state index is -0.298. The number of para-hydroxylation sites is 1. The summed E-state index contributed by atoms with van der Waals surface area (Å²) in [7, 11) is 3.02. The van der Waals surface area contributed by atoms with Crippen molar-refractivity contribution in [1.82, 2.24) is 4.90 Å². The molecule has 2 aromatic rings. The zero-order valence-electron chi connectivity index (χ0n) is 16.1. The highest BCUT2D eigenvalue weighted by Gasteiger charge is 2.18. The first-order valence-corrected chi connectivity index (χ1v) is 9.09. The number of methoxy groups -OCH3 is 2. The number of nitrogens with zero attached hydrogens (tertiary/aromatic N) is 1. The molecule has 0 spiro atoms. The molecule has 7 nitrogen and oxygen atoms in total. The first-order valence-electron chi connectivity index (χ1n) is 9.09. The summed E-state index contributed by atoms with van der Waals surface area (Å²) in [6, 6.07) is 12.4. The van der Waals surface area contributed by atoms with Crippen LogP contribution in [0.2, 0.25) is 0 Å². The molecule has 0 unspecified atom stereocenters. The first kappa shape index (κ1) is 19.7. The van der Waals surface area contributed by atoms with Gasteiger partial charge in [-0.25, -0.2) is 0 Å². The summed E-state index contributed by atoms with van der Waals surface area (Å²) >= 11 is 0. The third-order valence-electron chi connectivity index (χ3n) is 4.58. The number of ether oxygens (including phenoxy) is 3. The summed E-state index contributed by atoms with van der Waals surface area (Å²) in [5.74, 6) is 0.663. The van der Waals surface area contributed by atoms with Crippen LogP contribution in [0.4, 0.5) is 5.69 Å². The molecule has 3 rings (SSSR count). The Balaban J connectivity index is 1.64. The van der Waals surface area contributed by atoms with Gasteiger partial charge in [0, 0.05) is 18.8 Å². The van der Waals surface area contributed by atoms with Gasteiger partial charge in [0.05, 0.1) is 39.4 Å². The summed E-state index contributed by atoms with van der Waals surface area (Å²) in [5, 5.41) is 2.84. The van der Waals surface area contributed by atoms with Crippen molar-refractivity contribution in [2.24, 2.45) is 0 Å². The largest absolute Gasteiger partial charge is 0.493 e. The van der Waals surface area contributed by atoms with Crippen LogP contribution in [0.25, 0.3) is 0 Å². The molecule has 28 heavy (non-hydrogen) atoms. The van der Waals surface area contributed by atoms with Gasteiger partial charge in [0.25, 0.3) is 5.91 Å². The minimum absolute atomic E-state index is 0.0844. The lowest BCUT2D eigenvalue weighted by molar-refractivity contribution is -0.134. The van der Waals surface area contributed by atoms with E-state index in [0.29, 0.717) is 55.5 Å². The Hall–Kier alpha value is -3.06. The molecule has 148 valence electrons. The maximum atomic E-state index is 12.6. The zero-order chi connectivity index (χ0) is 19.9. The predicted molar refractivity (Wildman–Crippen MR) is 105 cm³/mol. The Morgan fingerprint density at radius 3 is 2.39 bits per heavy atom. The average Bonchev–Trinajstić information content (AvgIpc) is 2.74. The second-order valence-corrected chi connectivity index (χ2v) is 6.36. The fourth-order valence-corrected chi connectivity index (χ4v) is 3.07. The lowest BCUT2D eigenvalue weighted by atomic mass is 10.1. The van der Waals surface area contributed by atoms with Crippen LogP contribution in [-0.2, 0) is 16.0 Å². The van der Waals surface area contributed by atoms with Crippen molar-refractivity contribution in [3.63, 3.8) is 0 Å². The van der Waals surface area contributed by atoms with Crippen molar-refractivity contribution < 1.29 is 23.8 Å². The molecule has 1 heterocycles. The molecule has 0 radical (unpaired) electrons. The SMILES string of the molecule is COc1cccc(C(=O)Nc2ccc(CC(=O)N3CCOCC3)cc2)c1OC. The monoisotopic (exact) mass is 384 g/mol. The molecule has 0 atom stereocenters. The Labute approximate surface area is 164 Å². The minimum Gasteiger partial charge on any atom is -0.493 e. The summed E-state index contributed by atoms with van der Waals surface area (Å²) in [4.78, 5) is 26.7. The van der Waals surface area contributed by atoms with Crippen molar-refractivity contribution in [2.45, 2.75) is 6.42 Å². The molecule has 0 bridgehead atoms. The van der Waals surface area contributed by atoms with Crippen molar-refractivity contribution in [3.05, 3.63) is 53.6 Å². The average molecular weight is 384 g/mol. The molecular weight excluding hydrogens is 360 g/mol. The van der Waals surface area contributed by atoms with Gasteiger partial charge < -0.3 is 24.4 Å². The van der Waals surface area contributed by atoms with Crippen molar-refractivity contribution in [1.29, 1.82) is 0 Å². The van der Waals surface area contributed by atoms with E-state index in [-0.39, 0.29) is 11.8 Å². The zero-order valence-corrected chi connectivity index (χ0v) is 16.1. The van der Waals surface area contributed by atoms with E-state index in [1.54, 1.807) is 30.3 Å². The van der Waals surface area contributed by atoms with Gasteiger partial charge in [0.1, 0.15) is 0 Å². The van der Waals surface area contributed by atoms with Gasteiger partial charge in [0.2, 0.25) is 5.91 Å². The standard InChI is InChI=1S/C21H24N2O5/c1-26-18-5-3-4-17(20(18)27-2)21(25)22-16-8-6-15(7-9-16)14-19(24)23-10-12-28-13-11-23/h3-9H,10-14H2,1-2H3,(H,22,25). The van der Waals surface area contributed by atoms with E-state index in [1.807, 2.05) is 17.0 Å². The topological polar surface area (TPSA) is 77.1 Å².